The molecule has 0 aliphatic rings. The Bertz CT molecular complexity index is 1140. The number of amides is 1. The minimum atomic E-state index is -0.229. The number of halogens is 1. The summed E-state index contributed by atoms with van der Waals surface area (Å²) < 4.78 is 17.0. The van der Waals surface area contributed by atoms with Crippen molar-refractivity contribution in [2.24, 2.45) is 0 Å². The second-order valence-corrected chi connectivity index (χ2v) is 8.82. The van der Waals surface area contributed by atoms with E-state index in [1.165, 1.54) is 7.11 Å². The predicted octanol–water partition coefficient (Wildman–Crippen LogP) is 6.26. The molecule has 6 nitrogen and oxygen atoms in total. The molecule has 0 saturated heterocycles. The molecule has 1 aromatic heterocycles. The van der Waals surface area contributed by atoms with Crippen molar-refractivity contribution in [1.82, 2.24) is 4.90 Å². The molecule has 0 spiro atoms. The molecule has 0 bridgehead atoms. The fraction of sp³-hybridized carbons (Fsp3) is 0.259. The van der Waals surface area contributed by atoms with Gasteiger partial charge < -0.3 is 18.8 Å². The highest BCUT2D eigenvalue weighted by Gasteiger charge is 2.15. The topological polar surface area (TPSA) is 69.0 Å². The quantitative estimate of drug-likeness (QED) is 0.231. The van der Waals surface area contributed by atoms with Crippen LogP contribution in [0.25, 0.3) is 11.3 Å². The lowest BCUT2D eigenvalue weighted by Crippen LogP contribution is -2.26. The molecule has 0 aliphatic heterocycles. The highest BCUT2D eigenvalue weighted by atomic mass is 79.9. The van der Waals surface area contributed by atoms with Crippen LogP contribution < -0.4 is 4.74 Å². The standard InChI is InChI=1S/C27H28BrNO5/c1-19(6-13-26(30)32-3)14-16-34-25-12-11-23(28)17-22(25)18-29(2)27(31)21-9-7-20(8-10-21)24-5-4-15-33-24/h4-5,7-12,14-15,17H,6,13,16,18H2,1-3H3/b19-14+. The number of carbonyl (C=O) groups excluding carboxylic acids is 2. The Labute approximate surface area is 208 Å². The third kappa shape index (κ3) is 7.09. The summed E-state index contributed by atoms with van der Waals surface area (Å²) in [7, 11) is 3.15. The lowest BCUT2D eigenvalue weighted by molar-refractivity contribution is -0.140. The van der Waals surface area contributed by atoms with Crippen molar-refractivity contribution in [3.63, 3.8) is 0 Å². The largest absolute Gasteiger partial charge is 0.489 e. The first kappa shape index (κ1) is 25.3. The summed E-state index contributed by atoms with van der Waals surface area (Å²) in [5.74, 6) is 1.15. The first-order chi connectivity index (χ1) is 16.4. The van der Waals surface area contributed by atoms with Gasteiger partial charge in [0.05, 0.1) is 13.4 Å². The Morgan fingerprint density at radius 3 is 2.53 bits per heavy atom. The third-order valence-electron chi connectivity index (χ3n) is 5.34. The van der Waals surface area contributed by atoms with Gasteiger partial charge in [-0.15, -0.1) is 0 Å². The predicted molar refractivity (Wildman–Crippen MR) is 135 cm³/mol. The van der Waals surface area contributed by atoms with Crippen molar-refractivity contribution in [1.29, 1.82) is 0 Å². The lowest BCUT2D eigenvalue weighted by atomic mass is 10.1. The maximum absolute atomic E-state index is 13.0. The van der Waals surface area contributed by atoms with Crippen LogP contribution in [0.5, 0.6) is 5.75 Å². The van der Waals surface area contributed by atoms with E-state index in [0.29, 0.717) is 37.3 Å². The van der Waals surface area contributed by atoms with Gasteiger partial charge in [0, 0.05) is 41.2 Å². The Hall–Kier alpha value is -3.32. The van der Waals surface area contributed by atoms with E-state index in [2.05, 4.69) is 20.7 Å². The molecule has 0 saturated carbocycles. The van der Waals surface area contributed by atoms with E-state index in [1.54, 1.807) is 30.3 Å². The van der Waals surface area contributed by atoms with Crippen LogP contribution >= 0.6 is 15.9 Å². The molecule has 0 atom stereocenters. The van der Waals surface area contributed by atoms with E-state index in [0.717, 1.165) is 26.9 Å². The van der Waals surface area contributed by atoms with Gasteiger partial charge in [-0.1, -0.05) is 33.6 Å². The zero-order chi connectivity index (χ0) is 24.5. The number of furan rings is 1. The highest BCUT2D eigenvalue weighted by molar-refractivity contribution is 9.10. The van der Waals surface area contributed by atoms with Gasteiger partial charge in [0.1, 0.15) is 18.1 Å². The normalized spacial score (nSPS) is 11.2. The molecule has 34 heavy (non-hydrogen) atoms. The van der Waals surface area contributed by atoms with Gasteiger partial charge in [-0.05, 0) is 61.9 Å². The molecule has 3 aromatic rings. The molecule has 0 radical (unpaired) electrons. The number of hydrogen-bond acceptors (Lipinski definition) is 5. The monoisotopic (exact) mass is 525 g/mol. The maximum Gasteiger partial charge on any atom is 0.305 e. The van der Waals surface area contributed by atoms with E-state index in [9.17, 15) is 9.59 Å². The van der Waals surface area contributed by atoms with E-state index >= 15 is 0 Å². The molecule has 0 unspecified atom stereocenters. The second-order valence-electron chi connectivity index (χ2n) is 7.91. The summed E-state index contributed by atoms with van der Waals surface area (Å²) in [5, 5.41) is 0. The first-order valence-corrected chi connectivity index (χ1v) is 11.7. The van der Waals surface area contributed by atoms with Gasteiger partial charge in [0.15, 0.2) is 0 Å². The summed E-state index contributed by atoms with van der Waals surface area (Å²) in [4.78, 5) is 26.0. The third-order valence-corrected chi connectivity index (χ3v) is 5.83. The van der Waals surface area contributed by atoms with Crippen molar-refractivity contribution in [3.8, 4) is 17.1 Å². The van der Waals surface area contributed by atoms with Crippen LogP contribution in [0.4, 0.5) is 0 Å². The molecule has 178 valence electrons. The van der Waals surface area contributed by atoms with Crippen molar-refractivity contribution < 1.29 is 23.5 Å². The average Bonchev–Trinajstić information content (AvgIpc) is 3.38. The van der Waals surface area contributed by atoms with Crippen molar-refractivity contribution in [3.05, 3.63) is 88.1 Å². The van der Waals surface area contributed by atoms with Crippen molar-refractivity contribution in [2.75, 3.05) is 20.8 Å². The molecule has 0 N–H and O–H groups in total. The van der Waals surface area contributed by atoms with Crippen LogP contribution in [-0.4, -0.2) is 37.5 Å². The van der Waals surface area contributed by atoms with Crippen LogP contribution in [-0.2, 0) is 16.1 Å². The SMILES string of the molecule is COC(=O)CC/C(C)=C/COc1ccc(Br)cc1CN(C)C(=O)c1ccc(-c2ccco2)cc1. The molecule has 3 rings (SSSR count). The Balaban J connectivity index is 1.63. The molecular formula is C27H28BrNO5. The van der Waals surface area contributed by atoms with E-state index in [1.807, 2.05) is 55.5 Å². The fourth-order valence-electron chi connectivity index (χ4n) is 3.36. The fourth-order valence-corrected chi connectivity index (χ4v) is 3.77. The number of methoxy groups -OCH3 is 1. The molecule has 0 fully saturated rings. The van der Waals surface area contributed by atoms with Crippen LogP contribution in [0.15, 0.2) is 81.4 Å². The lowest BCUT2D eigenvalue weighted by Gasteiger charge is -2.20. The van der Waals surface area contributed by atoms with E-state index in [4.69, 9.17) is 9.15 Å². The van der Waals surface area contributed by atoms with Gasteiger partial charge in [-0.2, -0.15) is 0 Å². The minimum absolute atomic E-state index is 0.0875. The number of esters is 1. The first-order valence-electron chi connectivity index (χ1n) is 10.9. The number of hydrogen-bond donors (Lipinski definition) is 0. The minimum Gasteiger partial charge on any atom is -0.489 e. The number of allylic oxidation sites excluding steroid dienone is 1. The Kier molecular flexibility index (Phi) is 9.10. The summed E-state index contributed by atoms with van der Waals surface area (Å²) in [6, 6.07) is 16.8. The second kappa shape index (κ2) is 12.2. The zero-order valence-electron chi connectivity index (χ0n) is 19.5. The van der Waals surface area contributed by atoms with Gasteiger partial charge in [-0.3, -0.25) is 9.59 Å². The number of nitrogens with zero attached hydrogens (tertiary/aromatic N) is 1. The molecular weight excluding hydrogens is 498 g/mol. The molecule has 7 heteroatoms. The van der Waals surface area contributed by atoms with Gasteiger partial charge in [0.2, 0.25) is 0 Å². The summed E-state index contributed by atoms with van der Waals surface area (Å²) >= 11 is 3.50. The average molecular weight is 526 g/mol. The molecule has 1 amide bonds. The van der Waals surface area contributed by atoms with Crippen molar-refractivity contribution in [2.45, 2.75) is 26.3 Å². The summed E-state index contributed by atoms with van der Waals surface area (Å²) in [6.45, 7) is 2.71. The van der Waals surface area contributed by atoms with Crippen LogP contribution in [0.1, 0.15) is 35.7 Å². The Morgan fingerprint density at radius 1 is 1.09 bits per heavy atom. The zero-order valence-corrected chi connectivity index (χ0v) is 21.1. The van der Waals surface area contributed by atoms with Crippen molar-refractivity contribution >= 4 is 27.8 Å². The summed E-state index contributed by atoms with van der Waals surface area (Å²) in [6.07, 6.45) is 4.54. The summed E-state index contributed by atoms with van der Waals surface area (Å²) in [5.41, 5.74) is 3.45. The smallest absolute Gasteiger partial charge is 0.305 e. The maximum atomic E-state index is 13.0. The molecule has 0 aliphatic carbocycles. The van der Waals surface area contributed by atoms with Crippen LogP contribution in [0.3, 0.4) is 0 Å². The van der Waals surface area contributed by atoms with Gasteiger partial charge >= 0.3 is 5.97 Å². The Morgan fingerprint density at radius 2 is 1.85 bits per heavy atom. The number of benzene rings is 2. The molecule has 1 heterocycles. The number of carbonyl (C=O) groups is 2. The molecule has 2 aromatic carbocycles. The number of ether oxygens (including phenoxy) is 2. The van der Waals surface area contributed by atoms with Crippen LogP contribution in [0.2, 0.25) is 0 Å². The number of rotatable bonds is 10. The van der Waals surface area contributed by atoms with Gasteiger partial charge in [-0.25, -0.2) is 0 Å². The van der Waals surface area contributed by atoms with E-state index < -0.39 is 0 Å². The highest BCUT2D eigenvalue weighted by Crippen LogP contribution is 2.26. The van der Waals surface area contributed by atoms with E-state index in [-0.39, 0.29) is 11.9 Å². The van der Waals surface area contributed by atoms with Crippen LogP contribution in [0, 0.1) is 0 Å². The van der Waals surface area contributed by atoms with Gasteiger partial charge in [0.25, 0.3) is 5.91 Å².